The van der Waals surface area contributed by atoms with Crippen LogP contribution >= 0.6 is 0 Å². The van der Waals surface area contributed by atoms with Crippen molar-refractivity contribution in [2.75, 3.05) is 6.54 Å². The van der Waals surface area contributed by atoms with Crippen molar-refractivity contribution < 1.29 is 8.78 Å². The molecule has 3 heteroatoms. The molecule has 0 aliphatic rings. The molecule has 0 aromatic heterocycles. The van der Waals surface area contributed by atoms with Gasteiger partial charge in [-0.15, -0.1) is 0 Å². The maximum Gasteiger partial charge on any atom is 0.260 e. The summed E-state index contributed by atoms with van der Waals surface area (Å²) in [6.45, 7) is 2.97. The van der Waals surface area contributed by atoms with E-state index in [0.717, 1.165) is 0 Å². The Morgan fingerprint density at radius 1 is 1.44 bits per heavy atom. The van der Waals surface area contributed by atoms with Crippen molar-refractivity contribution in [2.24, 2.45) is 11.7 Å². The summed E-state index contributed by atoms with van der Waals surface area (Å²) in [5, 5.41) is 0. The summed E-state index contributed by atoms with van der Waals surface area (Å²) < 4.78 is 24.6. The van der Waals surface area contributed by atoms with Crippen molar-refractivity contribution in [3.8, 4) is 0 Å². The van der Waals surface area contributed by atoms with E-state index in [1.807, 2.05) is 0 Å². The number of alkyl halides is 2. The van der Waals surface area contributed by atoms with Crippen LogP contribution in [0, 0.1) is 5.92 Å². The zero-order valence-electron chi connectivity index (χ0n) is 5.82. The van der Waals surface area contributed by atoms with Gasteiger partial charge < -0.3 is 5.73 Å². The largest absolute Gasteiger partial charge is 0.325 e. The topological polar surface area (TPSA) is 26.0 Å². The van der Waals surface area contributed by atoms with Gasteiger partial charge in [0.25, 0.3) is 5.92 Å². The van der Waals surface area contributed by atoms with Crippen LogP contribution in [-0.2, 0) is 0 Å². The first kappa shape index (κ1) is 8.82. The van der Waals surface area contributed by atoms with Gasteiger partial charge in [0.15, 0.2) is 0 Å². The summed E-state index contributed by atoms with van der Waals surface area (Å²) in [5.74, 6) is -2.64. The van der Waals surface area contributed by atoms with Crippen molar-refractivity contribution in [2.45, 2.75) is 26.2 Å². The Morgan fingerprint density at radius 2 is 1.89 bits per heavy atom. The van der Waals surface area contributed by atoms with Crippen LogP contribution in [0.1, 0.15) is 20.3 Å². The van der Waals surface area contributed by atoms with Crippen molar-refractivity contribution in [3.05, 3.63) is 0 Å². The van der Waals surface area contributed by atoms with Gasteiger partial charge in [0.2, 0.25) is 0 Å². The summed E-state index contributed by atoms with van der Waals surface area (Å²) in [7, 11) is 0. The predicted octanol–water partition coefficient (Wildman–Crippen LogP) is 1.63. The van der Waals surface area contributed by atoms with Crippen LogP contribution in [0.25, 0.3) is 0 Å². The van der Waals surface area contributed by atoms with Crippen LogP contribution in [0.2, 0.25) is 0 Å². The molecule has 0 saturated heterocycles. The van der Waals surface area contributed by atoms with Crippen LogP contribution in [0.15, 0.2) is 0 Å². The van der Waals surface area contributed by atoms with E-state index in [1.54, 1.807) is 13.8 Å². The van der Waals surface area contributed by atoms with Gasteiger partial charge in [-0.05, 0) is 5.92 Å². The maximum atomic E-state index is 12.3. The number of hydrogen-bond acceptors (Lipinski definition) is 1. The molecule has 0 atom stereocenters. The molecule has 0 aliphatic heterocycles. The summed E-state index contributed by atoms with van der Waals surface area (Å²) in [5.41, 5.74) is 4.80. The van der Waals surface area contributed by atoms with Crippen molar-refractivity contribution >= 4 is 0 Å². The number of hydrogen-bond donors (Lipinski definition) is 1. The average molecular weight is 137 g/mol. The summed E-state index contributed by atoms with van der Waals surface area (Å²) in [6, 6.07) is 0. The molecule has 9 heavy (non-hydrogen) atoms. The predicted molar refractivity (Wildman–Crippen MR) is 33.5 cm³/mol. The Kier molecular flexibility index (Phi) is 3.04. The van der Waals surface area contributed by atoms with E-state index in [0.29, 0.717) is 0 Å². The van der Waals surface area contributed by atoms with Crippen molar-refractivity contribution in [1.82, 2.24) is 0 Å². The molecule has 2 N–H and O–H groups in total. The first-order chi connectivity index (χ1) is 3.98. The molecule has 0 fully saturated rings. The van der Waals surface area contributed by atoms with Gasteiger partial charge in [0, 0.05) is 6.42 Å². The molecule has 56 valence electrons. The Bertz CT molecular complexity index is 81.1. The fourth-order valence-electron chi connectivity index (χ4n) is 0.681. The third-order valence-electron chi connectivity index (χ3n) is 1.01. The molecule has 0 aliphatic carbocycles. The smallest absolute Gasteiger partial charge is 0.260 e. The van der Waals surface area contributed by atoms with E-state index in [1.165, 1.54) is 0 Å². The van der Waals surface area contributed by atoms with Crippen molar-refractivity contribution in [1.29, 1.82) is 0 Å². The third-order valence-corrected chi connectivity index (χ3v) is 1.01. The second-order valence-corrected chi connectivity index (χ2v) is 2.66. The molecular weight excluding hydrogens is 124 g/mol. The van der Waals surface area contributed by atoms with Gasteiger partial charge in [0.1, 0.15) is 0 Å². The minimum Gasteiger partial charge on any atom is -0.325 e. The average Bonchev–Trinajstić information content (AvgIpc) is 1.63. The molecular formula is C6H13F2N. The zero-order valence-corrected chi connectivity index (χ0v) is 5.82. The lowest BCUT2D eigenvalue weighted by Gasteiger charge is -2.15. The highest BCUT2D eigenvalue weighted by molar-refractivity contribution is 4.67. The van der Waals surface area contributed by atoms with Gasteiger partial charge in [-0.1, -0.05) is 13.8 Å². The van der Waals surface area contributed by atoms with Crippen molar-refractivity contribution in [3.63, 3.8) is 0 Å². The van der Waals surface area contributed by atoms with E-state index in [9.17, 15) is 8.78 Å². The molecule has 0 rings (SSSR count). The van der Waals surface area contributed by atoms with Gasteiger partial charge in [0.05, 0.1) is 6.54 Å². The quantitative estimate of drug-likeness (QED) is 0.628. The van der Waals surface area contributed by atoms with Crippen LogP contribution < -0.4 is 5.73 Å². The van der Waals surface area contributed by atoms with Gasteiger partial charge in [-0.25, -0.2) is 8.78 Å². The van der Waals surface area contributed by atoms with Crippen LogP contribution in [-0.4, -0.2) is 12.5 Å². The molecule has 0 heterocycles. The van der Waals surface area contributed by atoms with E-state index in [2.05, 4.69) is 0 Å². The standard InChI is InChI=1S/C6H13F2N/c1-5(2)3-6(7,8)4-9/h5H,3-4,9H2,1-2H3. The fourth-order valence-corrected chi connectivity index (χ4v) is 0.681. The summed E-state index contributed by atoms with van der Waals surface area (Å²) >= 11 is 0. The maximum absolute atomic E-state index is 12.3. The van der Waals surface area contributed by atoms with Gasteiger partial charge in [-0.2, -0.15) is 0 Å². The lowest BCUT2D eigenvalue weighted by molar-refractivity contribution is -0.00937. The fraction of sp³-hybridized carbons (Fsp3) is 1.00. The molecule has 0 aromatic carbocycles. The molecule has 0 saturated carbocycles. The number of halogens is 2. The molecule has 0 unspecified atom stereocenters. The van der Waals surface area contributed by atoms with E-state index in [-0.39, 0.29) is 12.3 Å². The van der Waals surface area contributed by atoms with Crippen LogP contribution in [0.4, 0.5) is 8.78 Å². The molecule has 0 aromatic rings. The first-order valence-electron chi connectivity index (χ1n) is 3.06. The van der Waals surface area contributed by atoms with E-state index < -0.39 is 12.5 Å². The van der Waals surface area contributed by atoms with Gasteiger partial charge >= 0.3 is 0 Å². The normalized spacial score (nSPS) is 12.7. The minimum atomic E-state index is -2.66. The lowest BCUT2D eigenvalue weighted by Crippen LogP contribution is -2.29. The highest BCUT2D eigenvalue weighted by atomic mass is 19.3. The monoisotopic (exact) mass is 137 g/mol. The molecule has 0 bridgehead atoms. The summed E-state index contributed by atoms with van der Waals surface area (Å²) in [6.07, 6.45) is -0.108. The second-order valence-electron chi connectivity index (χ2n) is 2.66. The number of rotatable bonds is 3. The third kappa shape index (κ3) is 4.33. The van der Waals surface area contributed by atoms with E-state index in [4.69, 9.17) is 5.73 Å². The first-order valence-corrected chi connectivity index (χ1v) is 3.06. The summed E-state index contributed by atoms with van der Waals surface area (Å²) in [4.78, 5) is 0. The molecule has 0 radical (unpaired) electrons. The zero-order chi connectivity index (χ0) is 7.49. The Labute approximate surface area is 54.2 Å². The minimum absolute atomic E-state index is 0.0172. The van der Waals surface area contributed by atoms with Crippen LogP contribution in [0.3, 0.4) is 0 Å². The molecule has 1 nitrogen and oxygen atoms in total. The number of nitrogens with two attached hydrogens (primary N) is 1. The molecule has 0 spiro atoms. The highest BCUT2D eigenvalue weighted by Crippen LogP contribution is 2.20. The van der Waals surface area contributed by atoms with Gasteiger partial charge in [-0.3, -0.25) is 0 Å². The second kappa shape index (κ2) is 3.11. The lowest BCUT2D eigenvalue weighted by atomic mass is 10.1. The van der Waals surface area contributed by atoms with E-state index >= 15 is 0 Å². The SMILES string of the molecule is CC(C)CC(F)(F)CN. The Morgan fingerprint density at radius 3 is 2.00 bits per heavy atom. The highest BCUT2D eigenvalue weighted by Gasteiger charge is 2.27. The van der Waals surface area contributed by atoms with Crippen LogP contribution in [0.5, 0.6) is 0 Å². The Balaban J connectivity index is 3.58. The Hall–Kier alpha value is -0.180. The molecule has 0 amide bonds.